The molecule has 1 aliphatic rings. The number of cyclic esters (lactones) is 1. The summed E-state index contributed by atoms with van der Waals surface area (Å²) >= 11 is 0. The van der Waals surface area contributed by atoms with Crippen molar-refractivity contribution in [3.8, 4) is 12.3 Å². The Bertz CT molecular complexity index is 854. The number of terminal acetylenes is 1. The number of fused-ring (bicyclic) bond motifs is 1. The molecular weight excluding hydrogens is 336 g/mol. The molecule has 26 heavy (non-hydrogen) atoms. The van der Waals surface area contributed by atoms with Crippen LogP contribution in [0.15, 0.2) is 11.6 Å². The molecule has 0 amide bonds. The van der Waals surface area contributed by atoms with E-state index in [4.69, 9.17) is 11.2 Å². The van der Waals surface area contributed by atoms with Crippen LogP contribution in [0.2, 0.25) is 0 Å². The number of aromatic carboxylic acids is 1. The fraction of sp³-hybridized carbons (Fsp3) is 0.350. The second-order valence-electron chi connectivity index (χ2n) is 6.06. The molecule has 1 aliphatic heterocycles. The molecule has 1 aromatic rings. The molecular formula is C20H20O6. The summed E-state index contributed by atoms with van der Waals surface area (Å²) < 4.78 is 9.62. The van der Waals surface area contributed by atoms with Gasteiger partial charge >= 0.3 is 17.9 Å². The van der Waals surface area contributed by atoms with Gasteiger partial charge in [0, 0.05) is 17.5 Å². The third-order valence-corrected chi connectivity index (χ3v) is 4.50. The molecule has 0 saturated heterocycles. The van der Waals surface area contributed by atoms with E-state index in [2.05, 4.69) is 10.7 Å². The number of carbonyl (C=O) groups excluding carboxylic acids is 2. The number of rotatable bonds is 6. The van der Waals surface area contributed by atoms with Gasteiger partial charge in [-0.3, -0.25) is 4.79 Å². The van der Waals surface area contributed by atoms with E-state index in [0.29, 0.717) is 28.7 Å². The minimum atomic E-state index is -1.22. The predicted molar refractivity (Wildman–Crippen MR) is 93.9 cm³/mol. The SMILES string of the molecule is C#Cc1c(C)c2c(c(C(=O)O)c1C/C=C(\C)CCC(=O)OC)C(=O)OC2. The van der Waals surface area contributed by atoms with Crippen LogP contribution in [0.25, 0.3) is 0 Å². The first kappa shape index (κ1) is 19.3. The van der Waals surface area contributed by atoms with Crippen LogP contribution in [-0.4, -0.2) is 30.1 Å². The van der Waals surface area contributed by atoms with Gasteiger partial charge in [-0.15, -0.1) is 6.42 Å². The van der Waals surface area contributed by atoms with Gasteiger partial charge in [0.25, 0.3) is 0 Å². The lowest BCUT2D eigenvalue weighted by Gasteiger charge is -2.14. The molecule has 1 N–H and O–H groups in total. The van der Waals surface area contributed by atoms with Gasteiger partial charge < -0.3 is 14.6 Å². The molecule has 0 saturated carbocycles. The summed E-state index contributed by atoms with van der Waals surface area (Å²) in [6, 6.07) is 0. The van der Waals surface area contributed by atoms with Crippen LogP contribution >= 0.6 is 0 Å². The zero-order valence-electron chi connectivity index (χ0n) is 15.0. The highest BCUT2D eigenvalue weighted by Gasteiger charge is 2.33. The van der Waals surface area contributed by atoms with E-state index in [1.54, 1.807) is 6.92 Å². The van der Waals surface area contributed by atoms with Crippen LogP contribution in [-0.2, 0) is 27.3 Å². The predicted octanol–water partition coefficient (Wildman–Crippen LogP) is 2.79. The highest BCUT2D eigenvalue weighted by Crippen LogP contribution is 2.33. The Morgan fingerprint density at radius 1 is 1.38 bits per heavy atom. The molecule has 0 spiro atoms. The number of hydrogen-bond donors (Lipinski definition) is 1. The fourth-order valence-electron chi connectivity index (χ4n) is 3.02. The number of ether oxygens (including phenoxy) is 2. The average Bonchev–Trinajstić information content (AvgIpc) is 2.99. The Balaban J connectivity index is 2.48. The Hall–Kier alpha value is -3.07. The van der Waals surface area contributed by atoms with E-state index in [-0.39, 0.29) is 36.5 Å². The van der Waals surface area contributed by atoms with Crippen LogP contribution in [0, 0.1) is 19.3 Å². The number of carboxylic acid groups (broad SMARTS) is 1. The van der Waals surface area contributed by atoms with Crippen molar-refractivity contribution in [2.24, 2.45) is 0 Å². The maximum Gasteiger partial charge on any atom is 0.339 e. The van der Waals surface area contributed by atoms with E-state index in [0.717, 1.165) is 5.57 Å². The zero-order valence-corrected chi connectivity index (χ0v) is 15.0. The van der Waals surface area contributed by atoms with Crippen LogP contribution in [0.1, 0.15) is 62.7 Å². The molecule has 6 heteroatoms. The highest BCUT2D eigenvalue weighted by atomic mass is 16.5. The van der Waals surface area contributed by atoms with Crippen LogP contribution < -0.4 is 0 Å². The first-order chi connectivity index (χ1) is 12.3. The van der Waals surface area contributed by atoms with Crippen LogP contribution in [0.5, 0.6) is 0 Å². The molecule has 0 fully saturated rings. The van der Waals surface area contributed by atoms with Gasteiger partial charge in [-0.05, 0) is 37.8 Å². The summed E-state index contributed by atoms with van der Waals surface area (Å²) in [6.45, 7) is 3.63. The van der Waals surface area contributed by atoms with Gasteiger partial charge in [0.05, 0.1) is 18.2 Å². The number of carbonyl (C=O) groups is 3. The van der Waals surface area contributed by atoms with Crippen molar-refractivity contribution >= 4 is 17.9 Å². The third-order valence-electron chi connectivity index (χ3n) is 4.50. The van der Waals surface area contributed by atoms with Crippen LogP contribution in [0.4, 0.5) is 0 Å². The van der Waals surface area contributed by atoms with Crippen molar-refractivity contribution in [1.82, 2.24) is 0 Å². The summed E-state index contributed by atoms with van der Waals surface area (Å²) in [5.74, 6) is 0.380. The molecule has 6 nitrogen and oxygen atoms in total. The summed E-state index contributed by atoms with van der Waals surface area (Å²) in [5, 5.41) is 9.67. The Morgan fingerprint density at radius 3 is 2.65 bits per heavy atom. The topological polar surface area (TPSA) is 89.9 Å². The minimum absolute atomic E-state index is 0.0310. The van der Waals surface area contributed by atoms with E-state index < -0.39 is 11.9 Å². The van der Waals surface area contributed by atoms with E-state index in [1.165, 1.54) is 7.11 Å². The summed E-state index contributed by atoms with van der Waals surface area (Å²) in [6.07, 6.45) is 8.41. The Morgan fingerprint density at radius 2 is 2.08 bits per heavy atom. The molecule has 136 valence electrons. The molecule has 0 aliphatic carbocycles. The van der Waals surface area contributed by atoms with Crippen LogP contribution in [0.3, 0.4) is 0 Å². The summed E-state index contributed by atoms with van der Waals surface area (Å²) in [4.78, 5) is 35.1. The molecule has 1 heterocycles. The Kier molecular flexibility index (Phi) is 5.83. The van der Waals surface area contributed by atoms with Crippen molar-refractivity contribution < 1.29 is 29.0 Å². The number of esters is 2. The van der Waals surface area contributed by atoms with Gasteiger partial charge in [-0.25, -0.2) is 9.59 Å². The van der Waals surface area contributed by atoms with Crippen molar-refractivity contribution in [3.63, 3.8) is 0 Å². The molecule has 1 aromatic carbocycles. The first-order valence-corrected chi connectivity index (χ1v) is 8.09. The quantitative estimate of drug-likeness (QED) is 0.479. The number of methoxy groups -OCH3 is 1. The lowest BCUT2D eigenvalue weighted by atomic mass is 9.86. The van der Waals surface area contributed by atoms with Crippen molar-refractivity contribution in [2.45, 2.75) is 39.7 Å². The summed E-state index contributed by atoms with van der Waals surface area (Å²) in [7, 11) is 1.33. The lowest BCUT2D eigenvalue weighted by Crippen LogP contribution is -2.14. The fourth-order valence-corrected chi connectivity index (χ4v) is 3.02. The standard InChI is InChI=1S/C20H20O6/c1-5-13-12(3)15-10-26-20(24)18(15)17(19(22)23)14(13)8-6-11(2)7-9-16(21)25-4/h1,6H,7-10H2,2-4H3,(H,22,23)/b11-6+. The first-order valence-electron chi connectivity index (χ1n) is 8.09. The van der Waals surface area contributed by atoms with Crippen molar-refractivity contribution in [3.05, 3.63) is 45.0 Å². The average molecular weight is 356 g/mol. The van der Waals surface area contributed by atoms with E-state index in [1.807, 2.05) is 13.0 Å². The molecule has 2 rings (SSSR count). The lowest BCUT2D eigenvalue weighted by molar-refractivity contribution is -0.140. The van der Waals surface area contributed by atoms with E-state index >= 15 is 0 Å². The molecule has 0 unspecified atom stereocenters. The molecule has 0 radical (unpaired) electrons. The maximum absolute atomic E-state index is 12.0. The van der Waals surface area contributed by atoms with Gasteiger partial charge in [0.2, 0.25) is 0 Å². The van der Waals surface area contributed by atoms with Gasteiger partial charge in [-0.2, -0.15) is 0 Å². The summed E-state index contributed by atoms with van der Waals surface area (Å²) in [5.41, 5.74) is 2.99. The molecule has 0 aromatic heterocycles. The van der Waals surface area contributed by atoms with E-state index in [9.17, 15) is 19.5 Å². The smallest absolute Gasteiger partial charge is 0.339 e. The van der Waals surface area contributed by atoms with Gasteiger partial charge in [0.1, 0.15) is 6.61 Å². The number of hydrogen-bond acceptors (Lipinski definition) is 5. The third kappa shape index (κ3) is 3.62. The minimum Gasteiger partial charge on any atom is -0.478 e. The normalized spacial score (nSPS) is 13.0. The van der Waals surface area contributed by atoms with Gasteiger partial charge in [-0.1, -0.05) is 17.6 Å². The maximum atomic E-state index is 12.0. The zero-order chi connectivity index (χ0) is 19.4. The second-order valence-corrected chi connectivity index (χ2v) is 6.06. The highest BCUT2D eigenvalue weighted by molar-refractivity contribution is 6.06. The van der Waals surface area contributed by atoms with Gasteiger partial charge in [0.15, 0.2) is 0 Å². The molecule has 0 bridgehead atoms. The molecule has 0 atom stereocenters. The van der Waals surface area contributed by atoms with Crippen molar-refractivity contribution in [1.29, 1.82) is 0 Å². The van der Waals surface area contributed by atoms with Crippen molar-refractivity contribution in [2.75, 3.05) is 7.11 Å². The number of allylic oxidation sites excluding steroid dienone is 2. The second kappa shape index (κ2) is 7.87. The number of benzene rings is 1. The largest absolute Gasteiger partial charge is 0.478 e. The number of carboxylic acids is 1. The Labute approximate surface area is 151 Å². The monoisotopic (exact) mass is 356 g/mol.